The van der Waals surface area contributed by atoms with Gasteiger partial charge in [0.05, 0.1) is 0 Å². The minimum absolute atomic E-state index is 0.451. The summed E-state index contributed by atoms with van der Waals surface area (Å²) in [5, 5.41) is 6.66. The summed E-state index contributed by atoms with van der Waals surface area (Å²) >= 11 is 0. The number of hydrogen-bond acceptors (Lipinski definition) is 7. The molecule has 7 nitrogen and oxygen atoms in total. The fourth-order valence-corrected chi connectivity index (χ4v) is 3.57. The van der Waals surface area contributed by atoms with Crippen LogP contribution in [0.5, 0.6) is 11.5 Å². The van der Waals surface area contributed by atoms with Crippen molar-refractivity contribution in [3.8, 4) is 11.5 Å². The van der Waals surface area contributed by atoms with E-state index in [1.165, 1.54) is 18.4 Å². The number of benzene rings is 1. The molecule has 7 heteroatoms. The molecule has 0 radical (unpaired) electrons. The Labute approximate surface area is 153 Å². The highest BCUT2D eigenvalue weighted by Crippen LogP contribution is 2.30. The SMILES string of the molecule is CNc1cc(N2CCCC2CNCc2ccc3c(c2)OCCO3)ncn1. The maximum Gasteiger partial charge on any atom is 0.161 e. The number of ether oxygens (including phenoxy) is 2. The average molecular weight is 355 g/mol. The topological polar surface area (TPSA) is 71.5 Å². The molecule has 138 valence electrons. The quantitative estimate of drug-likeness (QED) is 0.822. The van der Waals surface area contributed by atoms with Gasteiger partial charge in [-0.3, -0.25) is 0 Å². The van der Waals surface area contributed by atoms with E-state index in [1.807, 2.05) is 19.2 Å². The third-order valence-corrected chi connectivity index (χ3v) is 4.90. The third-order valence-electron chi connectivity index (χ3n) is 4.90. The summed E-state index contributed by atoms with van der Waals surface area (Å²) in [6, 6.07) is 8.62. The summed E-state index contributed by atoms with van der Waals surface area (Å²) in [4.78, 5) is 11.0. The highest BCUT2D eigenvalue weighted by molar-refractivity contribution is 5.49. The zero-order valence-electron chi connectivity index (χ0n) is 15.1. The largest absolute Gasteiger partial charge is 0.486 e. The molecule has 1 aromatic heterocycles. The molecule has 1 atom stereocenters. The highest BCUT2D eigenvalue weighted by atomic mass is 16.6. The number of rotatable bonds is 6. The molecule has 0 spiro atoms. The van der Waals surface area contributed by atoms with Crippen molar-refractivity contribution in [3.63, 3.8) is 0 Å². The van der Waals surface area contributed by atoms with Gasteiger partial charge in [-0.1, -0.05) is 6.07 Å². The first-order chi connectivity index (χ1) is 12.8. The molecule has 2 aliphatic heterocycles. The van der Waals surface area contributed by atoms with E-state index in [9.17, 15) is 0 Å². The summed E-state index contributed by atoms with van der Waals surface area (Å²) in [5.74, 6) is 3.53. The second-order valence-corrected chi connectivity index (χ2v) is 6.61. The molecule has 0 amide bonds. The van der Waals surface area contributed by atoms with Crippen LogP contribution in [0, 0.1) is 0 Å². The van der Waals surface area contributed by atoms with Gasteiger partial charge in [-0.2, -0.15) is 0 Å². The molecule has 2 N–H and O–H groups in total. The Hall–Kier alpha value is -2.54. The van der Waals surface area contributed by atoms with Crippen LogP contribution in [0.15, 0.2) is 30.6 Å². The van der Waals surface area contributed by atoms with Crippen molar-refractivity contribution in [1.29, 1.82) is 0 Å². The van der Waals surface area contributed by atoms with Crippen molar-refractivity contribution in [2.75, 3.05) is 43.6 Å². The zero-order chi connectivity index (χ0) is 17.8. The molecule has 1 aromatic carbocycles. The van der Waals surface area contributed by atoms with Crippen molar-refractivity contribution >= 4 is 11.6 Å². The lowest BCUT2D eigenvalue weighted by Gasteiger charge is -2.26. The predicted octanol–water partition coefficient (Wildman–Crippen LogP) is 2.05. The first kappa shape index (κ1) is 16.9. The van der Waals surface area contributed by atoms with E-state index in [0.29, 0.717) is 19.3 Å². The van der Waals surface area contributed by atoms with Crippen LogP contribution in [0.25, 0.3) is 0 Å². The molecule has 1 saturated heterocycles. The van der Waals surface area contributed by atoms with Crippen molar-refractivity contribution in [2.24, 2.45) is 0 Å². The van der Waals surface area contributed by atoms with Crippen LogP contribution in [0.4, 0.5) is 11.6 Å². The smallest absolute Gasteiger partial charge is 0.161 e. The Morgan fingerprint density at radius 2 is 2.04 bits per heavy atom. The molecular weight excluding hydrogens is 330 g/mol. The predicted molar refractivity (Wildman–Crippen MR) is 101 cm³/mol. The number of hydrogen-bond donors (Lipinski definition) is 2. The van der Waals surface area contributed by atoms with Crippen LogP contribution in [-0.4, -0.2) is 49.4 Å². The summed E-state index contributed by atoms with van der Waals surface area (Å²) in [5.41, 5.74) is 1.21. The van der Waals surface area contributed by atoms with E-state index in [-0.39, 0.29) is 0 Å². The van der Waals surface area contributed by atoms with Gasteiger partial charge >= 0.3 is 0 Å². The molecule has 4 rings (SSSR count). The van der Waals surface area contributed by atoms with Crippen molar-refractivity contribution in [3.05, 3.63) is 36.2 Å². The van der Waals surface area contributed by atoms with Crippen LogP contribution >= 0.6 is 0 Å². The lowest BCUT2D eigenvalue weighted by Crippen LogP contribution is -2.38. The molecule has 3 heterocycles. The minimum atomic E-state index is 0.451. The van der Waals surface area contributed by atoms with E-state index in [4.69, 9.17) is 9.47 Å². The zero-order valence-corrected chi connectivity index (χ0v) is 15.1. The van der Waals surface area contributed by atoms with E-state index in [1.54, 1.807) is 6.33 Å². The summed E-state index contributed by atoms with van der Waals surface area (Å²) in [6.07, 6.45) is 3.99. The molecular formula is C19H25N5O2. The van der Waals surface area contributed by atoms with E-state index in [0.717, 1.165) is 42.8 Å². The first-order valence-corrected chi connectivity index (χ1v) is 9.19. The normalized spacial score (nSPS) is 18.8. The lowest BCUT2D eigenvalue weighted by molar-refractivity contribution is 0.171. The summed E-state index contributed by atoms with van der Waals surface area (Å²) < 4.78 is 11.2. The number of anilines is 2. The number of nitrogens with zero attached hydrogens (tertiary/aromatic N) is 3. The second-order valence-electron chi connectivity index (χ2n) is 6.61. The maximum absolute atomic E-state index is 5.66. The Bertz CT molecular complexity index is 754. The van der Waals surface area contributed by atoms with E-state index in [2.05, 4.69) is 37.6 Å². The second kappa shape index (κ2) is 7.78. The van der Waals surface area contributed by atoms with Gasteiger partial charge in [0.15, 0.2) is 11.5 Å². The summed E-state index contributed by atoms with van der Waals surface area (Å²) in [7, 11) is 1.88. The molecule has 26 heavy (non-hydrogen) atoms. The van der Waals surface area contributed by atoms with Gasteiger partial charge in [0.1, 0.15) is 31.2 Å². The highest BCUT2D eigenvalue weighted by Gasteiger charge is 2.25. The van der Waals surface area contributed by atoms with Gasteiger partial charge in [0.25, 0.3) is 0 Å². The molecule has 0 bridgehead atoms. The first-order valence-electron chi connectivity index (χ1n) is 9.19. The molecule has 2 aromatic rings. The van der Waals surface area contributed by atoms with Crippen molar-refractivity contribution in [2.45, 2.75) is 25.4 Å². The lowest BCUT2D eigenvalue weighted by atomic mass is 10.1. The standard InChI is InChI=1S/C19H25N5O2/c1-20-18-10-19(23-13-22-18)24-6-2-3-15(24)12-21-11-14-4-5-16-17(9-14)26-8-7-25-16/h4-5,9-10,13,15,21H,2-3,6-8,11-12H2,1H3,(H,20,22,23). The Balaban J connectivity index is 1.35. The summed E-state index contributed by atoms with van der Waals surface area (Å²) in [6.45, 7) is 4.02. The molecule has 2 aliphatic rings. The van der Waals surface area contributed by atoms with Crippen LogP contribution < -0.4 is 25.0 Å². The fraction of sp³-hybridized carbons (Fsp3) is 0.474. The Morgan fingerprint density at radius 1 is 1.15 bits per heavy atom. The molecule has 1 fully saturated rings. The van der Waals surface area contributed by atoms with Gasteiger partial charge in [-0.05, 0) is 30.5 Å². The Morgan fingerprint density at radius 3 is 2.92 bits per heavy atom. The van der Waals surface area contributed by atoms with Crippen molar-refractivity contribution in [1.82, 2.24) is 15.3 Å². The minimum Gasteiger partial charge on any atom is -0.486 e. The van der Waals surface area contributed by atoms with Gasteiger partial charge in [0.2, 0.25) is 0 Å². The van der Waals surface area contributed by atoms with Gasteiger partial charge in [-0.15, -0.1) is 0 Å². The van der Waals surface area contributed by atoms with Crippen molar-refractivity contribution < 1.29 is 9.47 Å². The van der Waals surface area contributed by atoms with Gasteiger partial charge < -0.3 is 25.0 Å². The monoisotopic (exact) mass is 355 g/mol. The van der Waals surface area contributed by atoms with Gasteiger partial charge in [-0.25, -0.2) is 9.97 Å². The molecule has 0 saturated carbocycles. The van der Waals surface area contributed by atoms with Crippen LogP contribution in [0.3, 0.4) is 0 Å². The Kier molecular flexibility index (Phi) is 5.06. The number of aromatic nitrogens is 2. The van der Waals surface area contributed by atoms with Crippen LogP contribution in [-0.2, 0) is 6.54 Å². The average Bonchev–Trinajstić information content (AvgIpc) is 3.16. The van der Waals surface area contributed by atoms with Gasteiger partial charge in [0, 0.05) is 38.8 Å². The van der Waals surface area contributed by atoms with E-state index < -0.39 is 0 Å². The fourth-order valence-electron chi connectivity index (χ4n) is 3.57. The third kappa shape index (κ3) is 3.67. The maximum atomic E-state index is 5.66. The van der Waals surface area contributed by atoms with Crippen LogP contribution in [0.2, 0.25) is 0 Å². The number of nitrogens with one attached hydrogen (secondary N) is 2. The molecule has 0 aliphatic carbocycles. The molecule has 1 unspecified atom stereocenters. The van der Waals surface area contributed by atoms with E-state index >= 15 is 0 Å². The van der Waals surface area contributed by atoms with Crippen LogP contribution in [0.1, 0.15) is 18.4 Å². The number of fused-ring (bicyclic) bond motifs is 1.